The van der Waals surface area contributed by atoms with Gasteiger partial charge in [0.25, 0.3) is 0 Å². The van der Waals surface area contributed by atoms with Crippen LogP contribution in [0.25, 0.3) is 11.1 Å². The second-order valence-corrected chi connectivity index (χ2v) is 11.8. The summed E-state index contributed by atoms with van der Waals surface area (Å²) in [6, 6.07) is 12.5. The smallest absolute Gasteiger partial charge is 0.168 e. The molecule has 0 aliphatic heterocycles. The molecule has 0 unspecified atom stereocenters. The van der Waals surface area contributed by atoms with E-state index in [0.29, 0.717) is 22.6 Å². The number of nitriles is 1. The maximum atomic E-state index is 15.4. The van der Waals surface area contributed by atoms with Crippen LogP contribution in [0, 0.1) is 23.1 Å². The van der Waals surface area contributed by atoms with Crippen molar-refractivity contribution in [3.63, 3.8) is 0 Å². The lowest BCUT2D eigenvalue weighted by Gasteiger charge is -2.29. The summed E-state index contributed by atoms with van der Waals surface area (Å²) in [5, 5.41) is 10.0. The molecule has 39 heavy (non-hydrogen) atoms. The molecule has 0 N–H and O–H groups in total. The number of aryl methyl sites for hydroxylation is 1. The van der Waals surface area contributed by atoms with Crippen molar-refractivity contribution in [3.8, 4) is 22.9 Å². The number of hydrogen-bond acceptors (Lipinski definition) is 2. The summed E-state index contributed by atoms with van der Waals surface area (Å²) >= 11 is 0. The summed E-state index contributed by atoms with van der Waals surface area (Å²) in [4.78, 5) is 0. The van der Waals surface area contributed by atoms with Crippen molar-refractivity contribution < 1.29 is 9.13 Å². The van der Waals surface area contributed by atoms with E-state index in [1.54, 1.807) is 0 Å². The molecule has 0 atom stereocenters. The van der Waals surface area contributed by atoms with Crippen molar-refractivity contribution in [3.05, 3.63) is 52.8 Å². The van der Waals surface area contributed by atoms with Crippen molar-refractivity contribution in [2.24, 2.45) is 5.92 Å². The van der Waals surface area contributed by atoms with E-state index in [1.165, 1.54) is 109 Å². The van der Waals surface area contributed by atoms with Gasteiger partial charge >= 0.3 is 0 Å². The fourth-order valence-electron chi connectivity index (χ4n) is 6.44. The van der Waals surface area contributed by atoms with Crippen LogP contribution in [-0.2, 0) is 6.42 Å². The molecule has 0 bridgehead atoms. The number of unbranched alkanes of at least 4 members (excludes halogenated alkanes) is 10. The van der Waals surface area contributed by atoms with Crippen LogP contribution in [0.2, 0.25) is 0 Å². The minimum atomic E-state index is -0.278. The first-order valence-electron chi connectivity index (χ1n) is 16.0. The summed E-state index contributed by atoms with van der Waals surface area (Å²) in [6.07, 6.45) is 22.4. The number of halogens is 1. The van der Waals surface area contributed by atoms with Gasteiger partial charge in [-0.3, -0.25) is 0 Å². The van der Waals surface area contributed by atoms with E-state index in [0.717, 1.165) is 30.7 Å². The highest BCUT2D eigenvalue weighted by Crippen LogP contribution is 2.41. The van der Waals surface area contributed by atoms with Gasteiger partial charge in [-0.05, 0) is 67.6 Å². The van der Waals surface area contributed by atoms with Crippen LogP contribution in [0.1, 0.15) is 146 Å². The summed E-state index contributed by atoms with van der Waals surface area (Å²) in [6.45, 7) is 4.49. The molecule has 0 heterocycles. The standard InChI is InChI=1S/C36H52FNO/c1-4-6-8-10-12-14-16-28-18-20-29(21-19-28)31-23-24-33(32(26-31)27-38)34-25-22-30(35(37)36(34)39-3)17-15-13-11-9-7-5-2/h22-26,28-29H,4-21H2,1-3H3. The van der Waals surface area contributed by atoms with Gasteiger partial charge in [0.1, 0.15) is 0 Å². The van der Waals surface area contributed by atoms with Crippen LogP contribution in [0.4, 0.5) is 4.39 Å². The summed E-state index contributed by atoms with van der Waals surface area (Å²) in [5.74, 6) is 1.37. The van der Waals surface area contributed by atoms with Crippen LogP contribution < -0.4 is 4.74 Å². The Hall–Kier alpha value is -2.34. The monoisotopic (exact) mass is 533 g/mol. The Bertz CT molecular complexity index is 1030. The van der Waals surface area contributed by atoms with Crippen LogP contribution in [0.5, 0.6) is 5.75 Å². The van der Waals surface area contributed by atoms with Gasteiger partial charge < -0.3 is 4.74 Å². The summed E-state index contributed by atoms with van der Waals surface area (Å²) < 4.78 is 21.0. The zero-order valence-electron chi connectivity index (χ0n) is 25.0. The third kappa shape index (κ3) is 9.37. The highest BCUT2D eigenvalue weighted by molar-refractivity contribution is 5.77. The maximum Gasteiger partial charge on any atom is 0.168 e. The summed E-state index contributed by atoms with van der Waals surface area (Å²) in [7, 11) is 1.53. The van der Waals surface area contributed by atoms with Crippen LogP contribution in [-0.4, -0.2) is 7.11 Å². The van der Waals surface area contributed by atoms with Gasteiger partial charge in [0.2, 0.25) is 0 Å². The highest BCUT2D eigenvalue weighted by atomic mass is 19.1. The van der Waals surface area contributed by atoms with Gasteiger partial charge in [0, 0.05) is 11.1 Å². The molecule has 214 valence electrons. The van der Waals surface area contributed by atoms with E-state index in [-0.39, 0.29) is 11.6 Å². The first-order valence-corrected chi connectivity index (χ1v) is 16.0. The zero-order chi connectivity index (χ0) is 27.9. The van der Waals surface area contributed by atoms with Gasteiger partial charge in [-0.25, -0.2) is 4.39 Å². The van der Waals surface area contributed by atoms with Crippen molar-refractivity contribution in [1.29, 1.82) is 5.26 Å². The predicted octanol–water partition coefficient (Wildman–Crippen LogP) is 11.3. The van der Waals surface area contributed by atoms with Gasteiger partial charge in [-0.15, -0.1) is 0 Å². The number of benzene rings is 2. The van der Waals surface area contributed by atoms with Crippen LogP contribution in [0.3, 0.4) is 0 Å². The Balaban J connectivity index is 1.61. The topological polar surface area (TPSA) is 33.0 Å². The highest BCUT2D eigenvalue weighted by Gasteiger charge is 2.24. The molecule has 0 amide bonds. The Morgan fingerprint density at radius 1 is 0.795 bits per heavy atom. The Kier molecular flexibility index (Phi) is 13.9. The Morgan fingerprint density at radius 2 is 1.41 bits per heavy atom. The minimum absolute atomic E-state index is 0.262. The lowest BCUT2D eigenvalue weighted by Crippen LogP contribution is -2.13. The average molecular weight is 534 g/mol. The molecule has 1 fully saturated rings. The molecule has 1 saturated carbocycles. The second-order valence-electron chi connectivity index (χ2n) is 11.8. The Labute approximate surface area is 238 Å². The second kappa shape index (κ2) is 17.4. The molecule has 3 heteroatoms. The predicted molar refractivity (Wildman–Crippen MR) is 163 cm³/mol. The largest absolute Gasteiger partial charge is 0.493 e. The normalized spacial score (nSPS) is 17.2. The molecule has 1 aliphatic carbocycles. The summed E-state index contributed by atoms with van der Waals surface area (Å²) in [5.41, 5.74) is 4.02. The lowest BCUT2D eigenvalue weighted by atomic mass is 9.76. The van der Waals surface area contributed by atoms with Gasteiger partial charge in [-0.1, -0.05) is 115 Å². The maximum absolute atomic E-state index is 15.4. The molecule has 2 aromatic carbocycles. The lowest BCUT2D eigenvalue weighted by molar-refractivity contribution is 0.302. The number of nitrogens with zero attached hydrogens (tertiary/aromatic N) is 1. The van der Waals surface area contributed by atoms with Crippen molar-refractivity contribution in [2.75, 3.05) is 7.11 Å². The minimum Gasteiger partial charge on any atom is -0.493 e. The van der Waals surface area contributed by atoms with Crippen molar-refractivity contribution in [1.82, 2.24) is 0 Å². The van der Waals surface area contributed by atoms with Gasteiger partial charge in [0.15, 0.2) is 11.6 Å². The first-order chi connectivity index (χ1) is 19.1. The van der Waals surface area contributed by atoms with E-state index in [9.17, 15) is 5.26 Å². The van der Waals surface area contributed by atoms with E-state index in [2.05, 4.69) is 32.0 Å². The quantitative estimate of drug-likeness (QED) is 0.189. The Morgan fingerprint density at radius 3 is 2.05 bits per heavy atom. The number of rotatable bonds is 17. The zero-order valence-corrected chi connectivity index (χ0v) is 25.0. The molecular weight excluding hydrogens is 481 g/mol. The average Bonchev–Trinajstić information content (AvgIpc) is 2.97. The molecule has 1 aliphatic rings. The molecule has 0 radical (unpaired) electrons. The molecule has 0 aromatic heterocycles. The number of ether oxygens (including phenoxy) is 1. The van der Waals surface area contributed by atoms with Crippen molar-refractivity contribution in [2.45, 2.75) is 135 Å². The molecule has 2 nitrogen and oxygen atoms in total. The number of methoxy groups -OCH3 is 1. The SMILES string of the molecule is CCCCCCCCc1ccc(-c2ccc(C3CCC(CCCCCCCC)CC3)cc2C#N)c(OC)c1F. The number of hydrogen-bond donors (Lipinski definition) is 0. The van der Waals surface area contributed by atoms with Gasteiger partial charge in [-0.2, -0.15) is 5.26 Å². The third-order valence-electron chi connectivity index (χ3n) is 8.92. The van der Waals surface area contributed by atoms with E-state index < -0.39 is 0 Å². The molecule has 2 aromatic rings. The van der Waals surface area contributed by atoms with Crippen LogP contribution in [0.15, 0.2) is 30.3 Å². The fraction of sp³-hybridized carbons (Fsp3) is 0.639. The van der Waals surface area contributed by atoms with Crippen LogP contribution >= 0.6 is 0 Å². The molecule has 3 rings (SSSR count). The van der Waals surface area contributed by atoms with E-state index in [4.69, 9.17) is 4.74 Å². The van der Waals surface area contributed by atoms with E-state index in [1.807, 2.05) is 18.2 Å². The fourth-order valence-corrected chi connectivity index (χ4v) is 6.44. The first kappa shape index (κ1) is 31.2. The molecule has 0 saturated heterocycles. The van der Waals surface area contributed by atoms with Crippen molar-refractivity contribution >= 4 is 0 Å². The van der Waals surface area contributed by atoms with Gasteiger partial charge in [0.05, 0.1) is 18.7 Å². The van der Waals surface area contributed by atoms with E-state index >= 15 is 4.39 Å². The third-order valence-corrected chi connectivity index (χ3v) is 8.92. The molecule has 0 spiro atoms. The molecular formula is C36H52FNO.